The first kappa shape index (κ1) is 15.9. The molecule has 0 aliphatic carbocycles. The van der Waals surface area contributed by atoms with E-state index in [1.165, 1.54) is 4.31 Å². The van der Waals surface area contributed by atoms with Gasteiger partial charge in [0.1, 0.15) is 0 Å². The fourth-order valence-corrected chi connectivity index (χ4v) is 3.25. The van der Waals surface area contributed by atoms with Gasteiger partial charge in [0.2, 0.25) is 10.0 Å². The molecule has 2 rings (SSSR count). The monoisotopic (exact) mass is 324 g/mol. The van der Waals surface area contributed by atoms with Crippen LogP contribution in [0, 0.1) is 0 Å². The maximum atomic E-state index is 12.3. The predicted molar refractivity (Wildman–Crippen MR) is 84.3 cm³/mol. The number of hydrogen-bond acceptors (Lipinski definition) is 3. The summed E-state index contributed by atoms with van der Waals surface area (Å²) < 4.78 is 26.0. The molecule has 0 unspecified atom stereocenters. The quantitative estimate of drug-likeness (QED) is 0.768. The van der Waals surface area contributed by atoms with Crippen LogP contribution in [0.25, 0.3) is 0 Å². The molecular weight excluding hydrogens is 308 g/mol. The molecule has 0 aliphatic heterocycles. The zero-order valence-corrected chi connectivity index (χ0v) is 13.3. The summed E-state index contributed by atoms with van der Waals surface area (Å²) in [5.41, 5.74) is 2.64. The molecule has 1 heterocycles. The van der Waals surface area contributed by atoms with Crippen molar-refractivity contribution in [3.8, 4) is 0 Å². The zero-order valence-electron chi connectivity index (χ0n) is 11.7. The topological polar surface area (TPSA) is 50.3 Å². The Hall–Kier alpha value is -1.43. The maximum absolute atomic E-state index is 12.3. The van der Waals surface area contributed by atoms with Crippen LogP contribution in [0.4, 0.5) is 0 Å². The van der Waals surface area contributed by atoms with Crippen molar-refractivity contribution in [2.45, 2.75) is 18.2 Å². The van der Waals surface area contributed by atoms with Gasteiger partial charge in [-0.05, 0) is 28.8 Å². The van der Waals surface area contributed by atoms with Gasteiger partial charge >= 0.3 is 0 Å². The summed E-state index contributed by atoms with van der Waals surface area (Å²) in [4.78, 5) is 3.92. The van der Waals surface area contributed by atoms with Crippen molar-refractivity contribution in [2.75, 3.05) is 7.05 Å². The van der Waals surface area contributed by atoms with Crippen molar-refractivity contribution in [1.29, 1.82) is 0 Å². The molecule has 0 radical (unpaired) electrons. The van der Waals surface area contributed by atoms with Gasteiger partial charge in [0.05, 0.1) is 5.75 Å². The number of benzene rings is 1. The highest BCUT2D eigenvalue weighted by atomic mass is 35.5. The summed E-state index contributed by atoms with van der Waals surface area (Å²) >= 11 is 5.72. The molecule has 2 aromatic rings. The fourth-order valence-electron chi connectivity index (χ4n) is 1.89. The molecule has 6 heteroatoms. The second-order valence-corrected chi connectivity index (χ2v) is 7.16. The highest BCUT2D eigenvalue weighted by Gasteiger charge is 2.18. The lowest BCUT2D eigenvalue weighted by Crippen LogP contribution is -2.27. The third-order valence-electron chi connectivity index (χ3n) is 3.16. The predicted octanol–water partition coefficient (Wildman–Crippen LogP) is 2.78. The molecule has 21 heavy (non-hydrogen) atoms. The first-order chi connectivity index (χ1) is 10.0. The van der Waals surface area contributed by atoms with E-state index in [0.717, 1.165) is 16.7 Å². The second kappa shape index (κ2) is 7.02. The molecule has 1 aromatic heterocycles. The van der Waals surface area contributed by atoms with Gasteiger partial charge in [-0.15, -0.1) is 11.6 Å². The van der Waals surface area contributed by atoms with E-state index >= 15 is 0 Å². The van der Waals surface area contributed by atoms with Gasteiger partial charge < -0.3 is 0 Å². The molecule has 0 bridgehead atoms. The smallest absolute Gasteiger partial charge is 0.218 e. The lowest BCUT2D eigenvalue weighted by Gasteiger charge is -2.17. The Morgan fingerprint density at radius 3 is 2.14 bits per heavy atom. The Balaban J connectivity index is 2.06. The van der Waals surface area contributed by atoms with Crippen LogP contribution in [0.3, 0.4) is 0 Å². The van der Waals surface area contributed by atoms with E-state index in [0.29, 0.717) is 12.4 Å². The molecule has 0 aliphatic rings. The Kier molecular flexibility index (Phi) is 5.33. The number of hydrogen-bond donors (Lipinski definition) is 0. The minimum Gasteiger partial charge on any atom is -0.265 e. The molecule has 0 N–H and O–H groups in total. The molecule has 0 saturated heterocycles. The minimum absolute atomic E-state index is 0.0167. The number of alkyl halides is 1. The summed E-state index contributed by atoms with van der Waals surface area (Å²) in [6, 6.07) is 10.9. The largest absolute Gasteiger partial charge is 0.265 e. The lowest BCUT2D eigenvalue weighted by atomic mass is 10.2. The Morgan fingerprint density at radius 2 is 1.57 bits per heavy atom. The van der Waals surface area contributed by atoms with Crippen molar-refractivity contribution in [2.24, 2.45) is 0 Å². The van der Waals surface area contributed by atoms with Crippen LogP contribution in [0.2, 0.25) is 0 Å². The molecule has 0 fully saturated rings. The summed E-state index contributed by atoms with van der Waals surface area (Å²) in [6.45, 7) is 0.338. The van der Waals surface area contributed by atoms with Crippen LogP contribution < -0.4 is 0 Å². The Labute approximate surface area is 130 Å². The van der Waals surface area contributed by atoms with Crippen LogP contribution in [0.5, 0.6) is 0 Å². The molecule has 1 aromatic carbocycles. The van der Waals surface area contributed by atoms with Gasteiger partial charge in [-0.1, -0.05) is 24.3 Å². The van der Waals surface area contributed by atoms with Crippen LogP contribution in [-0.4, -0.2) is 24.8 Å². The lowest BCUT2D eigenvalue weighted by molar-refractivity contribution is 0.465. The molecule has 0 atom stereocenters. The average Bonchev–Trinajstić information content (AvgIpc) is 2.48. The van der Waals surface area contributed by atoms with Gasteiger partial charge in [-0.25, -0.2) is 12.7 Å². The summed E-state index contributed by atoms with van der Waals surface area (Å²) in [5, 5.41) is 0. The number of pyridine rings is 1. The first-order valence-electron chi connectivity index (χ1n) is 6.48. The van der Waals surface area contributed by atoms with E-state index < -0.39 is 10.0 Å². The van der Waals surface area contributed by atoms with Crippen LogP contribution >= 0.6 is 11.6 Å². The molecule has 112 valence electrons. The van der Waals surface area contributed by atoms with Gasteiger partial charge in [0.15, 0.2) is 0 Å². The second-order valence-electron chi connectivity index (χ2n) is 4.82. The first-order valence-corrected chi connectivity index (χ1v) is 8.62. The third-order valence-corrected chi connectivity index (χ3v) is 5.24. The van der Waals surface area contributed by atoms with Crippen molar-refractivity contribution in [3.05, 3.63) is 65.5 Å². The van der Waals surface area contributed by atoms with Gasteiger partial charge in [-0.3, -0.25) is 4.98 Å². The molecule has 0 amide bonds. The van der Waals surface area contributed by atoms with Crippen molar-refractivity contribution in [1.82, 2.24) is 9.29 Å². The van der Waals surface area contributed by atoms with Crippen molar-refractivity contribution in [3.63, 3.8) is 0 Å². The van der Waals surface area contributed by atoms with Gasteiger partial charge in [0, 0.05) is 31.9 Å². The van der Waals surface area contributed by atoms with Crippen LogP contribution in [-0.2, 0) is 28.2 Å². The molecule has 4 nitrogen and oxygen atoms in total. The standard InChI is InChI=1S/C15H17ClN2O2S/c1-18(11-14-6-8-17-9-7-14)21(19,20)12-15-4-2-13(10-16)3-5-15/h2-9H,10-12H2,1H3. The number of nitrogens with zero attached hydrogens (tertiary/aromatic N) is 2. The van der Waals surface area contributed by atoms with Crippen LogP contribution in [0.1, 0.15) is 16.7 Å². The van der Waals surface area contributed by atoms with E-state index in [2.05, 4.69) is 4.98 Å². The van der Waals surface area contributed by atoms with E-state index in [9.17, 15) is 8.42 Å². The fraction of sp³-hybridized carbons (Fsp3) is 0.267. The van der Waals surface area contributed by atoms with Crippen LogP contribution in [0.15, 0.2) is 48.8 Å². The van der Waals surface area contributed by atoms with Gasteiger partial charge in [-0.2, -0.15) is 0 Å². The molecule has 0 spiro atoms. The highest BCUT2D eigenvalue weighted by molar-refractivity contribution is 7.88. The summed E-state index contributed by atoms with van der Waals surface area (Å²) in [6.07, 6.45) is 3.31. The Morgan fingerprint density at radius 1 is 1.00 bits per heavy atom. The van der Waals surface area contributed by atoms with E-state index in [4.69, 9.17) is 11.6 Å². The normalized spacial score (nSPS) is 11.8. The number of rotatable bonds is 6. The average molecular weight is 325 g/mol. The third kappa shape index (κ3) is 4.52. The Bertz CT molecular complexity index is 673. The number of sulfonamides is 1. The molecule has 0 saturated carbocycles. The summed E-state index contributed by atoms with van der Waals surface area (Å²) in [7, 11) is -1.76. The van der Waals surface area contributed by atoms with E-state index in [1.54, 1.807) is 43.7 Å². The maximum Gasteiger partial charge on any atom is 0.218 e. The van der Waals surface area contributed by atoms with Crippen molar-refractivity contribution < 1.29 is 8.42 Å². The summed E-state index contributed by atoms with van der Waals surface area (Å²) in [5.74, 6) is 0.409. The van der Waals surface area contributed by atoms with E-state index in [1.807, 2.05) is 12.1 Å². The minimum atomic E-state index is -3.35. The number of halogens is 1. The zero-order chi connectivity index (χ0) is 15.3. The van der Waals surface area contributed by atoms with E-state index in [-0.39, 0.29) is 5.75 Å². The molecular formula is C15H17ClN2O2S. The van der Waals surface area contributed by atoms with Gasteiger partial charge in [0.25, 0.3) is 0 Å². The SMILES string of the molecule is CN(Cc1ccncc1)S(=O)(=O)Cc1ccc(CCl)cc1. The highest BCUT2D eigenvalue weighted by Crippen LogP contribution is 2.14. The van der Waals surface area contributed by atoms with Crippen molar-refractivity contribution >= 4 is 21.6 Å². The number of aromatic nitrogens is 1.